The number of unbranched alkanes of at least 4 members (excludes halogenated alkanes) is 1. The van der Waals surface area contributed by atoms with Crippen molar-refractivity contribution < 1.29 is 0 Å². The van der Waals surface area contributed by atoms with Crippen LogP contribution in [0.1, 0.15) is 39.5 Å². The minimum atomic E-state index is 0.753. The number of nitrogens with zero attached hydrogens (tertiary/aromatic N) is 1. The minimum Gasteiger partial charge on any atom is -0.297 e. The first kappa shape index (κ1) is 11.4. The van der Waals surface area contributed by atoms with Gasteiger partial charge in [-0.2, -0.15) is 0 Å². The molecular weight excluding hydrogens is 146 g/mol. The molecule has 0 fully saturated rings. The van der Waals surface area contributed by atoms with Gasteiger partial charge >= 0.3 is 0 Å². The topological polar surface area (TPSA) is 12.4 Å². The number of hydrogen-bond donors (Lipinski definition) is 0. The van der Waals surface area contributed by atoms with Crippen molar-refractivity contribution in [1.29, 1.82) is 0 Å². The summed E-state index contributed by atoms with van der Waals surface area (Å²) < 4.78 is 0. The van der Waals surface area contributed by atoms with Crippen LogP contribution in [0.3, 0.4) is 0 Å². The fraction of sp³-hybridized carbons (Fsp3) is 0.727. The SMILES string of the molecule is CCCCC(/C=C/C=N\C)CC. The summed E-state index contributed by atoms with van der Waals surface area (Å²) in [5.41, 5.74) is 0. The lowest BCUT2D eigenvalue weighted by molar-refractivity contribution is 0.540. The molecule has 0 amide bonds. The number of aliphatic imine (C=N–C) groups is 1. The number of hydrogen-bond acceptors (Lipinski definition) is 1. The Kier molecular flexibility index (Phi) is 8.09. The summed E-state index contributed by atoms with van der Waals surface area (Å²) in [5.74, 6) is 0.753. The van der Waals surface area contributed by atoms with E-state index in [-0.39, 0.29) is 0 Å². The van der Waals surface area contributed by atoms with Crippen molar-refractivity contribution in [2.75, 3.05) is 7.05 Å². The third kappa shape index (κ3) is 6.14. The molecule has 0 spiro atoms. The lowest BCUT2D eigenvalue weighted by Crippen LogP contribution is -1.93. The Bertz CT molecular complexity index is 136. The highest BCUT2D eigenvalue weighted by Crippen LogP contribution is 2.13. The molecular formula is C11H21N. The maximum Gasteiger partial charge on any atom is 0.0277 e. The maximum absolute atomic E-state index is 3.91. The van der Waals surface area contributed by atoms with E-state index in [1.165, 1.54) is 25.7 Å². The van der Waals surface area contributed by atoms with Gasteiger partial charge in [-0.3, -0.25) is 4.99 Å². The van der Waals surface area contributed by atoms with Crippen molar-refractivity contribution in [2.45, 2.75) is 39.5 Å². The van der Waals surface area contributed by atoms with Crippen LogP contribution in [0, 0.1) is 5.92 Å². The van der Waals surface area contributed by atoms with Crippen LogP contribution in [-0.4, -0.2) is 13.3 Å². The average Bonchev–Trinajstić information content (AvgIpc) is 2.11. The molecule has 1 nitrogen and oxygen atoms in total. The third-order valence-corrected chi connectivity index (χ3v) is 2.07. The smallest absolute Gasteiger partial charge is 0.0277 e. The molecule has 1 heteroatoms. The molecule has 0 aliphatic carbocycles. The molecule has 0 rings (SSSR count). The van der Waals surface area contributed by atoms with Crippen molar-refractivity contribution in [3.63, 3.8) is 0 Å². The van der Waals surface area contributed by atoms with Gasteiger partial charge in [-0.1, -0.05) is 32.8 Å². The van der Waals surface area contributed by atoms with Gasteiger partial charge in [0, 0.05) is 13.3 Å². The van der Waals surface area contributed by atoms with Gasteiger partial charge in [0.15, 0.2) is 0 Å². The molecule has 1 atom stereocenters. The largest absolute Gasteiger partial charge is 0.297 e. The monoisotopic (exact) mass is 167 g/mol. The van der Waals surface area contributed by atoms with E-state index in [2.05, 4.69) is 31.0 Å². The van der Waals surface area contributed by atoms with E-state index >= 15 is 0 Å². The van der Waals surface area contributed by atoms with Gasteiger partial charge in [0.25, 0.3) is 0 Å². The quantitative estimate of drug-likeness (QED) is 0.537. The second-order valence-corrected chi connectivity index (χ2v) is 3.10. The van der Waals surface area contributed by atoms with Gasteiger partial charge in [-0.05, 0) is 24.8 Å². The first-order chi connectivity index (χ1) is 5.85. The standard InChI is InChI=1S/C11H21N/c1-4-6-8-11(5-2)9-7-10-12-3/h7,9-11H,4-6,8H2,1-3H3/b9-7+,12-10-. The Balaban J connectivity index is 3.65. The van der Waals surface area contributed by atoms with Crippen molar-refractivity contribution >= 4 is 6.21 Å². The van der Waals surface area contributed by atoms with Crippen LogP contribution < -0.4 is 0 Å². The van der Waals surface area contributed by atoms with Gasteiger partial charge < -0.3 is 0 Å². The highest BCUT2D eigenvalue weighted by molar-refractivity contribution is 5.70. The van der Waals surface area contributed by atoms with E-state index in [0.717, 1.165) is 5.92 Å². The Morgan fingerprint density at radius 1 is 1.33 bits per heavy atom. The maximum atomic E-state index is 3.91. The van der Waals surface area contributed by atoms with Gasteiger partial charge in [-0.25, -0.2) is 0 Å². The first-order valence-electron chi connectivity index (χ1n) is 4.94. The van der Waals surface area contributed by atoms with Crippen molar-refractivity contribution in [3.05, 3.63) is 12.2 Å². The molecule has 0 aliphatic rings. The van der Waals surface area contributed by atoms with Crippen molar-refractivity contribution in [1.82, 2.24) is 0 Å². The zero-order valence-electron chi connectivity index (χ0n) is 8.59. The van der Waals surface area contributed by atoms with Crippen LogP contribution in [0.25, 0.3) is 0 Å². The van der Waals surface area contributed by atoms with Gasteiger partial charge in [-0.15, -0.1) is 0 Å². The molecule has 0 aromatic rings. The Morgan fingerprint density at radius 2 is 2.08 bits per heavy atom. The van der Waals surface area contributed by atoms with Crippen LogP contribution in [-0.2, 0) is 0 Å². The van der Waals surface area contributed by atoms with Gasteiger partial charge in [0.2, 0.25) is 0 Å². The highest BCUT2D eigenvalue weighted by atomic mass is 14.6. The van der Waals surface area contributed by atoms with Gasteiger partial charge in [0.05, 0.1) is 0 Å². The summed E-state index contributed by atoms with van der Waals surface area (Å²) in [5, 5.41) is 0. The molecule has 1 unspecified atom stereocenters. The molecule has 0 heterocycles. The van der Waals surface area contributed by atoms with E-state index in [4.69, 9.17) is 0 Å². The fourth-order valence-electron chi connectivity index (χ4n) is 1.20. The normalized spacial score (nSPS) is 14.6. The Morgan fingerprint density at radius 3 is 2.58 bits per heavy atom. The first-order valence-corrected chi connectivity index (χ1v) is 4.94. The lowest BCUT2D eigenvalue weighted by atomic mass is 9.99. The fourth-order valence-corrected chi connectivity index (χ4v) is 1.20. The summed E-state index contributed by atoms with van der Waals surface area (Å²) in [6.45, 7) is 4.48. The lowest BCUT2D eigenvalue weighted by Gasteiger charge is -2.07. The van der Waals surface area contributed by atoms with Crippen LogP contribution in [0.2, 0.25) is 0 Å². The predicted octanol–water partition coefficient (Wildman–Crippen LogP) is 3.46. The van der Waals surface area contributed by atoms with Crippen LogP contribution >= 0.6 is 0 Å². The summed E-state index contributed by atoms with van der Waals surface area (Å²) >= 11 is 0. The molecule has 0 saturated carbocycles. The summed E-state index contributed by atoms with van der Waals surface area (Å²) in [4.78, 5) is 3.91. The molecule has 0 aliphatic heterocycles. The van der Waals surface area contributed by atoms with Crippen LogP contribution in [0.15, 0.2) is 17.1 Å². The summed E-state index contributed by atoms with van der Waals surface area (Å²) in [6, 6.07) is 0. The Labute approximate surface area is 76.6 Å². The van der Waals surface area contributed by atoms with E-state index in [1.807, 2.05) is 6.21 Å². The van der Waals surface area contributed by atoms with E-state index in [1.54, 1.807) is 7.05 Å². The zero-order valence-corrected chi connectivity index (χ0v) is 8.59. The summed E-state index contributed by atoms with van der Waals surface area (Å²) in [7, 11) is 1.80. The second-order valence-electron chi connectivity index (χ2n) is 3.10. The minimum absolute atomic E-state index is 0.753. The average molecular weight is 167 g/mol. The molecule has 0 aromatic carbocycles. The summed E-state index contributed by atoms with van der Waals surface area (Å²) in [6.07, 6.45) is 11.4. The Hall–Kier alpha value is -0.590. The molecule has 70 valence electrons. The molecule has 0 aromatic heterocycles. The third-order valence-electron chi connectivity index (χ3n) is 2.07. The van der Waals surface area contributed by atoms with E-state index in [0.29, 0.717) is 0 Å². The van der Waals surface area contributed by atoms with Crippen molar-refractivity contribution in [2.24, 2.45) is 10.9 Å². The molecule has 0 bridgehead atoms. The molecule has 12 heavy (non-hydrogen) atoms. The van der Waals surface area contributed by atoms with E-state index < -0.39 is 0 Å². The van der Waals surface area contributed by atoms with Crippen LogP contribution in [0.4, 0.5) is 0 Å². The van der Waals surface area contributed by atoms with Gasteiger partial charge in [0.1, 0.15) is 0 Å². The molecule has 0 saturated heterocycles. The van der Waals surface area contributed by atoms with E-state index in [9.17, 15) is 0 Å². The zero-order chi connectivity index (χ0) is 9.23. The second kappa shape index (κ2) is 8.51. The number of allylic oxidation sites excluding steroid dienone is 2. The highest BCUT2D eigenvalue weighted by Gasteiger charge is 1.98. The molecule has 0 radical (unpaired) electrons. The predicted molar refractivity (Wildman–Crippen MR) is 56.9 cm³/mol. The van der Waals surface area contributed by atoms with Crippen molar-refractivity contribution in [3.8, 4) is 0 Å². The van der Waals surface area contributed by atoms with Crippen LogP contribution in [0.5, 0.6) is 0 Å². The number of rotatable bonds is 6. The molecule has 0 N–H and O–H groups in total.